The number of halogens is 2. The third kappa shape index (κ3) is 3.03. The van der Waals surface area contributed by atoms with Crippen LogP contribution >= 0.6 is 23.2 Å². The van der Waals surface area contributed by atoms with Crippen LogP contribution < -0.4 is 10.6 Å². The maximum absolute atomic E-state index is 12.6. The maximum Gasteiger partial charge on any atom is 0.325 e. The van der Waals surface area contributed by atoms with E-state index in [9.17, 15) is 13.2 Å². The highest BCUT2D eigenvalue weighted by atomic mass is 35.5. The van der Waals surface area contributed by atoms with Crippen molar-refractivity contribution in [3.05, 3.63) is 52.7 Å². The Morgan fingerprint density at radius 1 is 1.00 bits per heavy atom. The van der Waals surface area contributed by atoms with E-state index >= 15 is 0 Å². The summed E-state index contributed by atoms with van der Waals surface area (Å²) in [7, 11) is -4.08. The summed E-state index contributed by atoms with van der Waals surface area (Å²) >= 11 is 11.3. The Bertz CT molecular complexity index is 974. The van der Waals surface area contributed by atoms with Gasteiger partial charge in [-0.25, -0.2) is 4.79 Å². The van der Waals surface area contributed by atoms with Gasteiger partial charge >= 0.3 is 6.03 Å². The van der Waals surface area contributed by atoms with Gasteiger partial charge in [0.2, 0.25) is 0 Å². The number of benzene rings is 2. The van der Waals surface area contributed by atoms with Gasteiger partial charge in [-0.2, -0.15) is 8.42 Å². The zero-order valence-corrected chi connectivity index (χ0v) is 13.7. The average Bonchev–Trinajstić information content (AvgIpc) is 2.86. The SMILES string of the molecule is O=C1NC(=C(Cl)Cl)/C(=N/S(=O)(=O)c2cccc3ccccc23)N1. The first-order chi connectivity index (χ1) is 10.9. The van der Waals surface area contributed by atoms with Gasteiger partial charge in [-0.15, -0.1) is 4.40 Å². The Labute approximate surface area is 141 Å². The fraction of sp³-hybridized carbons (Fsp3) is 0. The fourth-order valence-corrected chi connectivity index (χ4v) is 3.63. The summed E-state index contributed by atoms with van der Waals surface area (Å²) < 4.78 is 28.6. The number of amidine groups is 1. The molecule has 0 saturated carbocycles. The third-order valence-electron chi connectivity index (χ3n) is 3.14. The van der Waals surface area contributed by atoms with Crippen LogP contribution in [0.25, 0.3) is 10.8 Å². The lowest BCUT2D eigenvalue weighted by Crippen LogP contribution is -2.23. The van der Waals surface area contributed by atoms with Crippen LogP contribution in [0.4, 0.5) is 4.79 Å². The number of nitrogens with one attached hydrogen (secondary N) is 2. The molecule has 0 unspecified atom stereocenters. The van der Waals surface area contributed by atoms with E-state index in [1.54, 1.807) is 36.4 Å². The first kappa shape index (κ1) is 15.8. The Balaban J connectivity index is 2.17. The van der Waals surface area contributed by atoms with Crippen LogP contribution in [0.5, 0.6) is 0 Å². The molecule has 1 aliphatic rings. The molecule has 0 spiro atoms. The minimum Gasteiger partial charge on any atom is -0.302 e. The van der Waals surface area contributed by atoms with E-state index < -0.39 is 16.1 Å². The Morgan fingerprint density at radius 2 is 1.70 bits per heavy atom. The molecule has 23 heavy (non-hydrogen) atoms. The quantitative estimate of drug-likeness (QED) is 0.852. The van der Waals surface area contributed by atoms with Crippen molar-refractivity contribution >= 4 is 55.9 Å². The lowest BCUT2D eigenvalue weighted by molar-refractivity contribution is 0.250. The van der Waals surface area contributed by atoms with E-state index in [0.717, 1.165) is 5.39 Å². The predicted octanol–water partition coefficient (Wildman–Crippen LogP) is 2.89. The summed E-state index contributed by atoms with van der Waals surface area (Å²) in [4.78, 5) is 11.4. The van der Waals surface area contributed by atoms with E-state index in [1.807, 2.05) is 0 Å². The van der Waals surface area contributed by atoms with Crippen molar-refractivity contribution in [2.24, 2.45) is 4.40 Å². The first-order valence-corrected chi connectivity index (χ1v) is 8.54. The smallest absolute Gasteiger partial charge is 0.302 e. The molecule has 0 radical (unpaired) electrons. The lowest BCUT2D eigenvalue weighted by Gasteiger charge is -2.05. The molecule has 0 aromatic heterocycles. The molecule has 0 bridgehead atoms. The number of sulfonamides is 1. The summed E-state index contributed by atoms with van der Waals surface area (Å²) in [5.74, 6) is -0.247. The molecule has 1 fully saturated rings. The van der Waals surface area contributed by atoms with Gasteiger partial charge in [0.05, 0.1) is 4.90 Å². The van der Waals surface area contributed by atoms with Crippen molar-refractivity contribution < 1.29 is 13.2 Å². The second kappa shape index (κ2) is 5.84. The van der Waals surface area contributed by atoms with Crippen molar-refractivity contribution in [3.8, 4) is 0 Å². The zero-order chi connectivity index (χ0) is 16.6. The van der Waals surface area contributed by atoms with Gasteiger partial charge < -0.3 is 5.32 Å². The molecule has 9 heteroatoms. The topological polar surface area (TPSA) is 87.6 Å². The van der Waals surface area contributed by atoms with Crippen molar-refractivity contribution in [2.75, 3.05) is 0 Å². The van der Waals surface area contributed by atoms with Crippen molar-refractivity contribution in [2.45, 2.75) is 4.90 Å². The fourth-order valence-electron chi connectivity index (χ4n) is 2.17. The minimum atomic E-state index is -4.08. The van der Waals surface area contributed by atoms with Crippen molar-refractivity contribution in [3.63, 3.8) is 0 Å². The highest BCUT2D eigenvalue weighted by Crippen LogP contribution is 2.25. The molecule has 2 N–H and O–H groups in total. The van der Waals surface area contributed by atoms with Crippen LogP contribution in [0.15, 0.2) is 61.9 Å². The molecule has 3 rings (SSSR count). The Kier molecular flexibility index (Phi) is 4.01. The molecule has 1 heterocycles. The number of fused-ring (bicyclic) bond motifs is 1. The van der Waals surface area contributed by atoms with Gasteiger partial charge in [-0.1, -0.05) is 59.6 Å². The van der Waals surface area contributed by atoms with E-state index in [1.165, 1.54) is 6.07 Å². The van der Waals surface area contributed by atoms with Crippen LogP contribution in [-0.2, 0) is 10.0 Å². The van der Waals surface area contributed by atoms with E-state index in [2.05, 4.69) is 15.0 Å². The monoisotopic (exact) mass is 369 g/mol. The highest BCUT2D eigenvalue weighted by molar-refractivity contribution is 7.90. The summed E-state index contributed by atoms with van der Waals surface area (Å²) in [5, 5.41) is 5.82. The second-order valence-corrected chi connectivity index (χ2v) is 7.13. The van der Waals surface area contributed by atoms with Gasteiger partial charge in [0.1, 0.15) is 10.2 Å². The molecular formula is C14H9Cl2N3O3S. The number of urea groups is 1. The third-order valence-corrected chi connectivity index (χ3v) is 4.85. The average molecular weight is 370 g/mol. The molecule has 6 nitrogen and oxygen atoms in total. The lowest BCUT2D eigenvalue weighted by atomic mass is 10.1. The van der Waals surface area contributed by atoms with Gasteiger partial charge in [-0.3, -0.25) is 5.32 Å². The number of nitrogens with zero attached hydrogens (tertiary/aromatic N) is 1. The summed E-state index contributed by atoms with van der Waals surface area (Å²) in [5.41, 5.74) is -0.0813. The normalized spacial score (nSPS) is 16.5. The van der Waals surface area contributed by atoms with E-state index in [0.29, 0.717) is 5.39 Å². The maximum atomic E-state index is 12.6. The largest absolute Gasteiger partial charge is 0.325 e. The summed E-state index contributed by atoms with van der Waals surface area (Å²) in [6, 6.07) is 11.2. The second-order valence-electron chi connectivity index (χ2n) is 4.61. The summed E-state index contributed by atoms with van der Waals surface area (Å²) in [6.07, 6.45) is 0. The molecule has 1 saturated heterocycles. The number of hydrogen-bond acceptors (Lipinski definition) is 3. The van der Waals surface area contributed by atoms with Crippen molar-refractivity contribution in [1.82, 2.24) is 10.6 Å². The Hall–Kier alpha value is -2.09. The van der Waals surface area contributed by atoms with E-state index in [4.69, 9.17) is 23.2 Å². The number of carbonyl (C=O) groups excluding carboxylic acids is 1. The molecule has 0 atom stereocenters. The zero-order valence-electron chi connectivity index (χ0n) is 11.4. The molecule has 2 amide bonds. The van der Waals surface area contributed by atoms with Gasteiger partial charge in [-0.05, 0) is 11.5 Å². The molecule has 0 aliphatic carbocycles. The standard InChI is InChI=1S/C14H9Cl2N3O3S/c15-12(16)11-13(18-14(20)17-11)19-23(21,22)10-7-3-5-8-4-1-2-6-9(8)10/h1-7H,(H2,17,18,19,20). The minimum absolute atomic E-state index is 0.0225. The van der Waals surface area contributed by atoms with Crippen LogP contribution in [-0.4, -0.2) is 20.3 Å². The van der Waals surface area contributed by atoms with Gasteiger partial charge in [0.25, 0.3) is 10.0 Å². The Morgan fingerprint density at radius 3 is 2.43 bits per heavy atom. The molecule has 2 aromatic rings. The number of rotatable bonds is 2. The number of hydrogen-bond donors (Lipinski definition) is 2. The molecule has 2 aromatic carbocycles. The molecule has 1 aliphatic heterocycles. The molecular weight excluding hydrogens is 361 g/mol. The predicted molar refractivity (Wildman–Crippen MR) is 89.0 cm³/mol. The highest BCUT2D eigenvalue weighted by Gasteiger charge is 2.27. The van der Waals surface area contributed by atoms with Crippen molar-refractivity contribution in [1.29, 1.82) is 0 Å². The van der Waals surface area contributed by atoms with Crippen LogP contribution in [0.1, 0.15) is 0 Å². The molecule has 118 valence electrons. The van der Waals surface area contributed by atoms with Crippen LogP contribution in [0.2, 0.25) is 0 Å². The van der Waals surface area contributed by atoms with Gasteiger partial charge in [0, 0.05) is 5.39 Å². The summed E-state index contributed by atoms with van der Waals surface area (Å²) in [6.45, 7) is 0. The van der Waals surface area contributed by atoms with Crippen LogP contribution in [0, 0.1) is 0 Å². The van der Waals surface area contributed by atoms with Crippen LogP contribution in [0.3, 0.4) is 0 Å². The first-order valence-electron chi connectivity index (χ1n) is 6.35. The van der Waals surface area contributed by atoms with E-state index in [-0.39, 0.29) is 20.9 Å². The van der Waals surface area contributed by atoms with Gasteiger partial charge in [0.15, 0.2) is 5.84 Å². The number of carbonyl (C=O) groups is 1. The number of amides is 2.